The molecule has 1 N–H and O–H groups in total. The maximum atomic E-state index is 9.96. The van der Waals surface area contributed by atoms with E-state index >= 15 is 0 Å². The van der Waals surface area contributed by atoms with Gasteiger partial charge in [-0.05, 0) is 50.4 Å². The van der Waals surface area contributed by atoms with Gasteiger partial charge in [-0.15, -0.1) is 0 Å². The standard InChI is InChI=1S/C23H31NO/c1-3-13-23(22(4-2)20-11-8-12-21(25)16-20)14-15-24(18-23)17-19-9-6-5-7-10-19/h4-10,12,16,20,25H,3,11,13-15,17-18H2,1-2H3/b22-4+. The van der Waals surface area contributed by atoms with Gasteiger partial charge < -0.3 is 5.11 Å². The van der Waals surface area contributed by atoms with E-state index in [2.05, 4.69) is 61.2 Å². The number of nitrogens with zero attached hydrogens (tertiary/aromatic N) is 1. The molecule has 1 aromatic rings. The predicted octanol–water partition coefficient (Wildman–Crippen LogP) is 5.64. The summed E-state index contributed by atoms with van der Waals surface area (Å²) in [6.45, 7) is 7.79. The number of likely N-dealkylation sites (tertiary alicyclic amines) is 1. The van der Waals surface area contributed by atoms with Crippen LogP contribution in [0.5, 0.6) is 0 Å². The monoisotopic (exact) mass is 337 g/mol. The molecule has 0 amide bonds. The quantitative estimate of drug-likeness (QED) is 0.679. The van der Waals surface area contributed by atoms with Crippen LogP contribution in [-0.2, 0) is 6.54 Å². The minimum Gasteiger partial charge on any atom is -0.508 e. The summed E-state index contributed by atoms with van der Waals surface area (Å²) in [7, 11) is 0. The minimum atomic E-state index is 0.255. The third kappa shape index (κ3) is 4.07. The Morgan fingerprint density at radius 1 is 1.32 bits per heavy atom. The van der Waals surface area contributed by atoms with Gasteiger partial charge in [0, 0.05) is 24.4 Å². The highest BCUT2D eigenvalue weighted by Gasteiger charge is 2.42. The smallest absolute Gasteiger partial charge is 0.111 e. The van der Waals surface area contributed by atoms with E-state index in [-0.39, 0.29) is 5.41 Å². The number of allylic oxidation sites excluding steroid dienone is 4. The van der Waals surface area contributed by atoms with Gasteiger partial charge in [-0.3, -0.25) is 4.90 Å². The van der Waals surface area contributed by atoms with Crippen LogP contribution in [0.25, 0.3) is 0 Å². The van der Waals surface area contributed by atoms with Crippen LogP contribution in [0, 0.1) is 11.3 Å². The number of rotatable bonds is 6. The second-order valence-electron chi connectivity index (χ2n) is 7.56. The first kappa shape index (κ1) is 18.0. The van der Waals surface area contributed by atoms with Gasteiger partial charge in [0.05, 0.1) is 0 Å². The van der Waals surface area contributed by atoms with E-state index in [0.29, 0.717) is 11.7 Å². The van der Waals surface area contributed by atoms with Crippen LogP contribution in [0.15, 0.2) is 66.0 Å². The number of hydrogen-bond acceptors (Lipinski definition) is 2. The molecule has 134 valence electrons. The van der Waals surface area contributed by atoms with Crippen LogP contribution in [0.2, 0.25) is 0 Å². The van der Waals surface area contributed by atoms with Gasteiger partial charge in [-0.1, -0.05) is 61.4 Å². The fourth-order valence-electron chi connectivity index (χ4n) is 4.79. The van der Waals surface area contributed by atoms with Gasteiger partial charge in [-0.25, -0.2) is 0 Å². The Balaban J connectivity index is 1.78. The van der Waals surface area contributed by atoms with Crippen LogP contribution in [0.1, 0.15) is 45.1 Å². The Hall–Kier alpha value is -1.80. The molecule has 1 heterocycles. The highest BCUT2D eigenvalue weighted by Crippen LogP contribution is 2.47. The molecule has 0 bridgehead atoms. The second kappa shape index (κ2) is 8.05. The lowest BCUT2D eigenvalue weighted by Crippen LogP contribution is -2.31. The summed E-state index contributed by atoms with van der Waals surface area (Å²) in [5, 5.41) is 9.96. The Labute approximate surface area is 152 Å². The lowest BCUT2D eigenvalue weighted by molar-refractivity contribution is 0.257. The maximum absolute atomic E-state index is 9.96. The number of aliphatic hydroxyl groups is 1. The zero-order valence-electron chi connectivity index (χ0n) is 15.6. The number of benzene rings is 1. The molecule has 0 radical (unpaired) electrons. The summed E-state index contributed by atoms with van der Waals surface area (Å²) in [6.07, 6.45) is 13.0. The van der Waals surface area contributed by atoms with E-state index in [0.717, 1.165) is 26.1 Å². The molecule has 0 saturated carbocycles. The molecule has 2 heteroatoms. The van der Waals surface area contributed by atoms with E-state index in [4.69, 9.17) is 0 Å². The average Bonchev–Trinajstić information content (AvgIpc) is 3.00. The third-order valence-corrected chi connectivity index (χ3v) is 5.78. The molecular weight excluding hydrogens is 306 g/mol. The van der Waals surface area contributed by atoms with Crippen LogP contribution in [-0.4, -0.2) is 23.1 Å². The molecule has 1 fully saturated rings. The van der Waals surface area contributed by atoms with Crippen LogP contribution >= 0.6 is 0 Å². The summed E-state index contributed by atoms with van der Waals surface area (Å²) in [4.78, 5) is 2.61. The van der Waals surface area contributed by atoms with E-state index in [1.54, 1.807) is 0 Å². The summed E-state index contributed by atoms with van der Waals surface area (Å²) in [5.41, 5.74) is 3.18. The first-order valence-corrected chi connectivity index (χ1v) is 9.67. The molecule has 1 saturated heterocycles. The van der Waals surface area contributed by atoms with Gasteiger partial charge in [0.25, 0.3) is 0 Å². The zero-order valence-corrected chi connectivity index (χ0v) is 15.6. The van der Waals surface area contributed by atoms with Crippen molar-refractivity contribution in [3.05, 3.63) is 71.5 Å². The molecule has 2 unspecified atom stereocenters. The van der Waals surface area contributed by atoms with Crippen molar-refractivity contribution < 1.29 is 5.11 Å². The van der Waals surface area contributed by atoms with Crippen molar-refractivity contribution in [2.24, 2.45) is 11.3 Å². The summed E-state index contributed by atoms with van der Waals surface area (Å²) < 4.78 is 0. The topological polar surface area (TPSA) is 23.5 Å². The summed E-state index contributed by atoms with van der Waals surface area (Å²) in [6, 6.07) is 10.8. The molecule has 0 spiro atoms. The van der Waals surface area contributed by atoms with E-state index in [1.165, 1.54) is 30.4 Å². The highest BCUT2D eigenvalue weighted by atomic mass is 16.3. The molecule has 2 atom stereocenters. The SMILES string of the molecule is C/C=C(\C1C=C(O)C=CC1)C1(CCC)CCN(Cc2ccccc2)C1. The Bertz CT molecular complexity index is 658. The average molecular weight is 338 g/mol. The Morgan fingerprint density at radius 3 is 2.80 bits per heavy atom. The maximum Gasteiger partial charge on any atom is 0.111 e. The molecule has 25 heavy (non-hydrogen) atoms. The van der Waals surface area contributed by atoms with Crippen molar-refractivity contribution in [2.75, 3.05) is 13.1 Å². The molecule has 2 nitrogen and oxygen atoms in total. The number of aliphatic hydroxyl groups excluding tert-OH is 1. The van der Waals surface area contributed by atoms with Gasteiger partial charge >= 0.3 is 0 Å². The van der Waals surface area contributed by atoms with Crippen molar-refractivity contribution in [1.82, 2.24) is 4.90 Å². The molecule has 1 aliphatic heterocycles. The van der Waals surface area contributed by atoms with Gasteiger partial charge in [0.2, 0.25) is 0 Å². The first-order valence-electron chi connectivity index (χ1n) is 9.67. The van der Waals surface area contributed by atoms with Crippen LogP contribution < -0.4 is 0 Å². The van der Waals surface area contributed by atoms with Crippen molar-refractivity contribution in [3.8, 4) is 0 Å². The fraction of sp³-hybridized carbons (Fsp3) is 0.478. The summed E-state index contributed by atoms with van der Waals surface area (Å²) >= 11 is 0. The van der Waals surface area contributed by atoms with Crippen molar-refractivity contribution >= 4 is 0 Å². The largest absolute Gasteiger partial charge is 0.508 e. The molecule has 2 aliphatic rings. The lowest BCUT2D eigenvalue weighted by Gasteiger charge is -2.36. The van der Waals surface area contributed by atoms with E-state index < -0.39 is 0 Å². The Kier molecular flexibility index (Phi) is 5.80. The minimum absolute atomic E-state index is 0.255. The first-order chi connectivity index (χ1) is 12.2. The van der Waals surface area contributed by atoms with Gasteiger partial charge in [0.1, 0.15) is 5.76 Å². The van der Waals surface area contributed by atoms with E-state index in [1.807, 2.05) is 12.2 Å². The number of hydrogen-bond donors (Lipinski definition) is 1. The Morgan fingerprint density at radius 2 is 2.12 bits per heavy atom. The van der Waals surface area contributed by atoms with Crippen LogP contribution in [0.4, 0.5) is 0 Å². The molecule has 1 aliphatic carbocycles. The van der Waals surface area contributed by atoms with E-state index in [9.17, 15) is 5.11 Å². The molecule has 0 aromatic heterocycles. The van der Waals surface area contributed by atoms with Crippen LogP contribution in [0.3, 0.4) is 0 Å². The second-order valence-corrected chi connectivity index (χ2v) is 7.56. The van der Waals surface area contributed by atoms with Gasteiger partial charge in [-0.2, -0.15) is 0 Å². The molecule has 1 aromatic carbocycles. The molecule has 3 rings (SSSR count). The predicted molar refractivity (Wildman–Crippen MR) is 105 cm³/mol. The van der Waals surface area contributed by atoms with Crippen molar-refractivity contribution in [3.63, 3.8) is 0 Å². The summed E-state index contributed by atoms with van der Waals surface area (Å²) in [5.74, 6) is 0.764. The third-order valence-electron chi connectivity index (χ3n) is 5.78. The van der Waals surface area contributed by atoms with Gasteiger partial charge in [0.15, 0.2) is 0 Å². The lowest BCUT2D eigenvalue weighted by atomic mass is 9.69. The van der Waals surface area contributed by atoms with Crippen molar-refractivity contribution in [2.45, 2.75) is 46.1 Å². The highest BCUT2D eigenvalue weighted by molar-refractivity contribution is 5.30. The normalized spacial score (nSPS) is 27.5. The molecular formula is C23H31NO. The zero-order chi connectivity index (χ0) is 17.7. The van der Waals surface area contributed by atoms with Crippen molar-refractivity contribution in [1.29, 1.82) is 0 Å². The fourth-order valence-corrected chi connectivity index (χ4v) is 4.79.